The van der Waals surface area contributed by atoms with Crippen molar-refractivity contribution in [3.63, 3.8) is 0 Å². The van der Waals surface area contributed by atoms with Gasteiger partial charge in [-0.2, -0.15) is 8.42 Å². The minimum Gasteiger partial charge on any atom is -0.299 e. The molecule has 0 saturated carbocycles. The molecule has 11 heteroatoms. The molecule has 33 heavy (non-hydrogen) atoms. The number of piperidine rings is 1. The third-order valence-corrected chi connectivity index (χ3v) is 7.84. The molecule has 2 aliphatic heterocycles. The summed E-state index contributed by atoms with van der Waals surface area (Å²) in [5.41, 5.74) is 2.18. The van der Waals surface area contributed by atoms with Gasteiger partial charge in [0.25, 0.3) is 0 Å². The largest absolute Gasteiger partial charge is 0.322 e. The van der Waals surface area contributed by atoms with Gasteiger partial charge in [0.2, 0.25) is 0 Å². The molecule has 0 radical (unpaired) electrons. The van der Waals surface area contributed by atoms with Crippen LogP contribution in [0.5, 0.6) is 0 Å². The molecule has 1 saturated heterocycles. The van der Waals surface area contributed by atoms with Crippen molar-refractivity contribution in [2.24, 2.45) is 4.99 Å². The second-order valence-corrected chi connectivity index (χ2v) is 11.1. The predicted molar refractivity (Wildman–Crippen MR) is 136 cm³/mol. The summed E-state index contributed by atoms with van der Waals surface area (Å²) in [5.74, 6) is 0.321. The van der Waals surface area contributed by atoms with Gasteiger partial charge in [-0.25, -0.2) is 0 Å². The average Bonchev–Trinajstić information content (AvgIpc) is 2.73. The van der Waals surface area contributed by atoms with E-state index in [0.717, 1.165) is 37.1 Å². The Morgan fingerprint density at radius 3 is 2.33 bits per heavy atom. The van der Waals surface area contributed by atoms with Crippen molar-refractivity contribution >= 4 is 62.4 Å². The zero-order valence-electron chi connectivity index (χ0n) is 17.5. The molecule has 0 aliphatic carbocycles. The number of aliphatic imine (C=N–C) groups is 1. The fourth-order valence-electron chi connectivity index (χ4n) is 3.89. The van der Waals surface area contributed by atoms with Gasteiger partial charge in [0, 0.05) is 63.5 Å². The highest BCUT2D eigenvalue weighted by Gasteiger charge is 2.24. The monoisotopic (exact) mass is 546 g/mol. The van der Waals surface area contributed by atoms with Crippen LogP contribution in [0.2, 0.25) is 20.1 Å². The molecule has 0 atom stereocenters. The molecular formula is C22H22Cl4N4O2S. The Bertz CT molecular complexity index is 1190. The Morgan fingerprint density at radius 2 is 1.67 bits per heavy atom. The van der Waals surface area contributed by atoms with Crippen LogP contribution in [0.15, 0.2) is 53.2 Å². The lowest BCUT2D eigenvalue weighted by molar-refractivity contribution is 0.206. The summed E-state index contributed by atoms with van der Waals surface area (Å²) in [5, 5.41) is 2.32. The van der Waals surface area contributed by atoms with Gasteiger partial charge in [-0.1, -0.05) is 58.5 Å². The molecule has 2 aromatic rings. The highest BCUT2D eigenvalue weighted by molar-refractivity contribution is 7.88. The van der Waals surface area contributed by atoms with Crippen molar-refractivity contribution < 1.29 is 8.42 Å². The highest BCUT2D eigenvalue weighted by Crippen LogP contribution is 2.27. The minimum atomic E-state index is -3.74. The summed E-state index contributed by atoms with van der Waals surface area (Å²) in [6, 6.07) is 10.6. The number of halogens is 4. The molecule has 2 heterocycles. The first-order valence-electron chi connectivity index (χ1n) is 10.4. The minimum absolute atomic E-state index is 0.00962. The van der Waals surface area contributed by atoms with E-state index < -0.39 is 10.2 Å². The van der Waals surface area contributed by atoms with E-state index in [-0.39, 0.29) is 6.04 Å². The number of hydrogen-bond acceptors (Lipinski definition) is 4. The molecule has 0 amide bonds. The number of benzene rings is 2. The molecule has 4 rings (SSSR count). The van der Waals surface area contributed by atoms with Gasteiger partial charge < -0.3 is 0 Å². The Morgan fingerprint density at radius 1 is 0.970 bits per heavy atom. The summed E-state index contributed by atoms with van der Waals surface area (Å²) in [7, 11) is -3.74. The third kappa shape index (κ3) is 6.56. The van der Waals surface area contributed by atoms with Gasteiger partial charge in [-0.3, -0.25) is 19.3 Å². The molecule has 1 fully saturated rings. The van der Waals surface area contributed by atoms with Crippen LogP contribution in [0.3, 0.4) is 0 Å². The molecule has 2 aromatic carbocycles. The van der Waals surface area contributed by atoms with E-state index in [1.165, 1.54) is 0 Å². The summed E-state index contributed by atoms with van der Waals surface area (Å²) < 4.78 is 29.6. The molecule has 6 nitrogen and oxygen atoms in total. The van der Waals surface area contributed by atoms with Gasteiger partial charge in [0.1, 0.15) is 5.84 Å². The van der Waals surface area contributed by atoms with Gasteiger partial charge >= 0.3 is 10.2 Å². The second kappa shape index (κ2) is 10.4. The number of rotatable bonds is 5. The maximum absolute atomic E-state index is 12.3. The zero-order chi connectivity index (χ0) is 23.6. The number of amidine groups is 1. The van der Waals surface area contributed by atoms with E-state index in [4.69, 9.17) is 46.4 Å². The van der Waals surface area contributed by atoms with Crippen LogP contribution in [0.4, 0.5) is 0 Å². The van der Waals surface area contributed by atoms with Gasteiger partial charge in [-0.15, -0.1) is 0 Å². The fourth-order valence-corrected chi connectivity index (χ4v) is 5.80. The van der Waals surface area contributed by atoms with Crippen molar-refractivity contribution in [3.05, 3.63) is 79.4 Å². The standard InChI is InChI=1S/C22H22Cl4N4O2S/c23-15-5-4-14(21(26)11-15)10-17-12-22(29-33(31,32)28-17)27-16-6-8-30(9-7-16)13-18-19(24)2-1-3-20(18)25/h1-5,11-12,16,28H,6-10,13H2,(H,27,29). The molecule has 2 aliphatic rings. The van der Waals surface area contributed by atoms with E-state index in [2.05, 4.69) is 19.3 Å². The van der Waals surface area contributed by atoms with Crippen molar-refractivity contribution in [1.82, 2.24) is 14.3 Å². The number of nitrogens with one attached hydrogen (secondary N) is 2. The maximum Gasteiger partial charge on any atom is 0.322 e. The van der Waals surface area contributed by atoms with Crippen LogP contribution in [-0.4, -0.2) is 38.3 Å². The molecule has 2 N–H and O–H groups in total. The number of nitrogens with zero attached hydrogens (tertiary/aromatic N) is 2. The summed E-state index contributed by atoms with van der Waals surface area (Å²) in [4.78, 5) is 6.95. The summed E-state index contributed by atoms with van der Waals surface area (Å²) >= 11 is 24.8. The van der Waals surface area contributed by atoms with E-state index in [1.54, 1.807) is 24.3 Å². The zero-order valence-corrected chi connectivity index (χ0v) is 21.3. The van der Waals surface area contributed by atoms with Gasteiger partial charge in [0.05, 0.1) is 6.04 Å². The number of likely N-dealkylation sites (tertiary alicyclic amines) is 1. The van der Waals surface area contributed by atoms with Crippen molar-refractivity contribution in [3.8, 4) is 0 Å². The van der Waals surface area contributed by atoms with Crippen molar-refractivity contribution in [2.75, 3.05) is 13.1 Å². The second-order valence-electron chi connectivity index (χ2n) is 8.01. The maximum atomic E-state index is 12.3. The normalized spacial score (nSPS) is 20.2. The third-order valence-electron chi connectivity index (χ3n) is 5.53. The number of allylic oxidation sites excluding steroid dienone is 1. The highest BCUT2D eigenvalue weighted by atomic mass is 35.5. The Kier molecular flexibility index (Phi) is 7.78. The van der Waals surface area contributed by atoms with Crippen LogP contribution in [0.1, 0.15) is 24.0 Å². The molecule has 176 valence electrons. The molecule has 0 unspecified atom stereocenters. The molecular weight excluding hydrogens is 526 g/mol. The van der Waals surface area contributed by atoms with Gasteiger partial charge in [-0.05, 0) is 42.7 Å². The van der Waals surface area contributed by atoms with Gasteiger partial charge in [0.15, 0.2) is 0 Å². The van der Waals surface area contributed by atoms with E-state index in [0.29, 0.717) is 44.6 Å². The lowest BCUT2D eigenvalue weighted by Gasteiger charge is -2.31. The Hall–Kier alpha value is -1.48. The Balaban J connectivity index is 1.43. The van der Waals surface area contributed by atoms with Crippen LogP contribution in [0, 0.1) is 0 Å². The topological polar surface area (TPSA) is 73.8 Å². The van der Waals surface area contributed by atoms with Crippen molar-refractivity contribution in [2.45, 2.75) is 31.8 Å². The predicted octanol–water partition coefficient (Wildman–Crippen LogP) is 5.23. The van der Waals surface area contributed by atoms with Crippen LogP contribution in [-0.2, 0) is 23.2 Å². The quantitative estimate of drug-likeness (QED) is 0.538. The van der Waals surface area contributed by atoms with E-state index in [9.17, 15) is 8.42 Å². The smallest absolute Gasteiger partial charge is 0.299 e. The van der Waals surface area contributed by atoms with Crippen molar-refractivity contribution in [1.29, 1.82) is 0 Å². The Labute approximate surface area is 213 Å². The molecule has 0 spiro atoms. The van der Waals surface area contributed by atoms with E-state index in [1.807, 2.05) is 18.2 Å². The first-order valence-corrected chi connectivity index (χ1v) is 13.4. The first-order chi connectivity index (χ1) is 15.7. The van der Waals surface area contributed by atoms with E-state index >= 15 is 0 Å². The number of hydrogen-bond donors (Lipinski definition) is 2. The average molecular weight is 548 g/mol. The molecule has 0 bridgehead atoms. The summed E-state index contributed by atoms with van der Waals surface area (Å²) in [6.45, 7) is 2.29. The van der Waals surface area contributed by atoms with Crippen LogP contribution in [0.25, 0.3) is 0 Å². The van der Waals surface area contributed by atoms with Crippen LogP contribution < -0.4 is 9.44 Å². The van der Waals surface area contributed by atoms with Crippen LogP contribution >= 0.6 is 46.4 Å². The fraction of sp³-hybridized carbons (Fsp3) is 0.318. The molecule has 0 aromatic heterocycles. The summed E-state index contributed by atoms with van der Waals surface area (Å²) in [6.07, 6.45) is 3.62. The first kappa shape index (κ1) is 24.6. The lowest BCUT2D eigenvalue weighted by atomic mass is 10.0. The SMILES string of the molecule is O=S1(=O)NC(Cc2ccc(Cl)cc2Cl)=CC(=NC2CCN(Cc3c(Cl)cccc3Cl)CC2)N1. The lowest BCUT2D eigenvalue weighted by Crippen LogP contribution is -2.45.